The van der Waals surface area contributed by atoms with Crippen LogP contribution in [0.1, 0.15) is 15.9 Å². The molecule has 1 aliphatic heterocycles. The maximum absolute atomic E-state index is 12.2. The van der Waals surface area contributed by atoms with E-state index < -0.39 is 0 Å². The van der Waals surface area contributed by atoms with Gasteiger partial charge in [-0.1, -0.05) is 18.2 Å². The molecule has 3 heterocycles. The molecule has 0 fully saturated rings. The summed E-state index contributed by atoms with van der Waals surface area (Å²) in [5, 5.41) is 7.23. The van der Waals surface area contributed by atoms with Crippen LogP contribution in [0.4, 0.5) is 0 Å². The number of nitrogens with one attached hydrogen (secondary N) is 2. The predicted octanol–water partition coefficient (Wildman–Crippen LogP) is 3.11. The fourth-order valence-corrected chi connectivity index (χ4v) is 3.45. The highest BCUT2D eigenvalue weighted by molar-refractivity contribution is 6.25. The van der Waals surface area contributed by atoms with Crippen LogP contribution in [0, 0.1) is 0 Å². The van der Waals surface area contributed by atoms with Gasteiger partial charge in [-0.3, -0.25) is 9.78 Å². The fourth-order valence-electron chi connectivity index (χ4n) is 3.45. The number of H-pyrrole nitrogens is 1. The summed E-state index contributed by atoms with van der Waals surface area (Å²) in [6.45, 7) is 0.581. The van der Waals surface area contributed by atoms with Gasteiger partial charge in [-0.25, -0.2) is 0 Å². The molecule has 4 nitrogen and oxygen atoms in total. The van der Waals surface area contributed by atoms with E-state index in [1.807, 2.05) is 18.2 Å². The fraction of sp³-hybridized carbons (Fsp3) is 0.0588. The van der Waals surface area contributed by atoms with Gasteiger partial charge < -0.3 is 10.3 Å². The molecule has 0 atom stereocenters. The Morgan fingerprint density at radius 1 is 1.05 bits per heavy atom. The lowest BCUT2D eigenvalue weighted by Gasteiger charge is -2.06. The zero-order valence-electron chi connectivity index (χ0n) is 11.1. The molecule has 1 amide bonds. The van der Waals surface area contributed by atoms with E-state index >= 15 is 0 Å². The topological polar surface area (TPSA) is 57.8 Å². The van der Waals surface area contributed by atoms with Crippen LogP contribution in [-0.2, 0) is 6.54 Å². The van der Waals surface area contributed by atoms with E-state index in [-0.39, 0.29) is 5.91 Å². The molecule has 0 aliphatic carbocycles. The number of hydrogen-bond donors (Lipinski definition) is 2. The monoisotopic (exact) mass is 273 g/mol. The van der Waals surface area contributed by atoms with E-state index in [0.29, 0.717) is 6.54 Å². The Hall–Kier alpha value is -2.88. The highest BCUT2D eigenvalue weighted by Gasteiger charge is 2.26. The Labute approximate surface area is 119 Å². The predicted molar refractivity (Wildman–Crippen MR) is 82.3 cm³/mol. The first-order chi connectivity index (χ1) is 10.3. The van der Waals surface area contributed by atoms with E-state index in [2.05, 4.69) is 27.4 Å². The van der Waals surface area contributed by atoms with Crippen molar-refractivity contribution in [3.05, 3.63) is 53.9 Å². The van der Waals surface area contributed by atoms with Crippen molar-refractivity contribution in [3.8, 4) is 0 Å². The molecule has 2 aromatic heterocycles. The maximum Gasteiger partial charge on any atom is 0.252 e. The molecule has 100 valence electrons. The van der Waals surface area contributed by atoms with E-state index in [0.717, 1.165) is 38.3 Å². The second-order valence-electron chi connectivity index (χ2n) is 5.38. The summed E-state index contributed by atoms with van der Waals surface area (Å²) < 4.78 is 0. The molecule has 1 aliphatic rings. The summed E-state index contributed by atoms with van der Waals surface area (Å²) >= 11 is 0. The summed E-state index contributed by atoms with van der Waals surface area (Å²) in [6, 6.07) is 10.2. The molecule has 4 aromatic rings. The smallest absolute Gasteiger partial charge is 0.252 e. The SMILES string of the molecule is O=C1NCc2c1c1cnccc1c1[nH]c3ccccc3c21. The van der Waals surface area contributed by atoms with Crippen molar-refractivity contribution in [1.82, 2.24) is 15.3 Å². The molecule has 0 spiro atoms. The van der Waals surface area contributed by atoms with Crippen LogP contribution in [0.5, 0.6) is 0 Å². The second kappa shape index (κ2) is 3.61. The lowest BCUT2D eigenvalue weighted by atomic mass is 9.96. The zero-order chi connectivity index (χ0) is 14.0. The van der Waals surface area contributed by atoms with Gasteiger partial charge in [0.05, 0.1) is 11.1 Å². The van der Waals surface area contributed by atoms with Crippen molar-refractivity contribution in [2.75, 3.05) is 0 Å². The number of benzene rings is 2. The average molecular weight is 273 g/mol. The van der Waals surface area contributed by atoms with Crippen molar-refractivity contribution in [2.24, 2.45) is 0 Å². The summed E-state index contributed by atoms with van der Waals surface area (Å²) in [7, 11) is 0. The number of fused-ring (bicyclic) bond motifs is 8. The number of rotatable bonds is 0. The van der Waals surface area contributed by atoms with Crippen molar-refractivity contribution >= 4 is 38.5 Å². The zero-order valence-corrected chi connectivity index (χ0v) is 11.1. The van der Waals surface area contributed by atoms with Gasteiger partial charge in [-0.2, -0.15) is 0 Å². The number of carbonyl (C=O) groups is 1. The standard InChI is InChI=1S/C17H11N3O/c21-17-15-11-7-18-6-5-9(11)16-14(12(15)8-19-17)10-3-1-2-4-13(10)20-16/h1-7,20H,8H2,(H,19,21). The third kappa shape index (κ3) is 1.24. The van der Waals surface area contributed by atoms with Crippen molar-refractivity contribution in [3.63, 3.8) is 0 Å². The summed E-state index contributed by atoms with van der Waals surface area (Å²) in [4.78, 5) is 19.9. The van der Waals surface area contributed by atoms with Gasteiger partial charge in [0.25, 0.3) is 5.91 Å². The number of nitrogens with zero attached hydrogens (tertiary/aromatic N) is 1. The van der Waals surface area contributed by atoms with E-state index in [1.165, 1.54) is 5.39 Å². The van der Waals surface area contributed by atoms with Gasteiger partial charge in [0.2, 0.25) is 0 Å². The van der Waals surface area contributed by atoms with Gasteiger partial charge in [0.1, 0.15) is 0 Å². The van der Waals surface area contributed by atoms with E-state index in [9.17, 15) is 4.79 Å². The first kappa shape index (κ1) is 10.9. The number of aromatic amines is 1. The molecular weight excluding hydrogens is 262 g/mol. The van der Waals surface area contributed by atoms with Crippen molar-refractivity contribution in [1.29, 1.82) is 0 Å². The highest BCUT2D eigenvalue weighted by Crippen LogP contribution is 2.38. The molecule has 2 aromatic carbocycles. The minimum Gasteiger partial charge on any atom is -0.354 e. The first-order valence-electron chi connectivity index (χ1n) is 6.92. The summed E-state index contributed by atoms with van der Waals surface area (Å²) in [5.74, 6) is -0.00446. The van der Waals surface area contributed by atoms with Crippen LogP contribution in [-0.4, -0.2) is 15.9 Å². The van der Waals surface area contributed by atoms with Crippen LogP contribution in [0.2, 0.25) is 0 Å². The number of hydrogen-bond acceptors (Lipinski definition) is 2. The summed E-state index contributed by atoms with van der Waals surface area (Å²) in [6.07, 6.45) is 3.55. The summed E-state index contributed by atoms with van der Waals surface area (Å²) in [5.41, 5.74) is 4.03. The molecule has 21 heavy (non-hydrogen) atoms. The van der Waals surface area contributed by atoms with Crippen LogP contribution < -0.4 is 5.32 Å². The second-order valence-corrected chi connectivity index (χ2v) is 5.38. The van der Waals surface area contributed by atoms with Gasteiger partial charge in [-0.15, -0.1) is 0 Å². The largest absolute Gasteiger partial charge is 0.354 e. The molecule has 0 bridgehead atoms. The first-order valence-corrected chi connectivity index (χ1v) is 6.92. The van der Waals surface area contributed by atoms with Crippen LogP contribution in [0.25, 0.3) is 32.6 Å². The van der Waals surface area contributed by atoms with Crippen LogP contribution >= 0.6 is 0 Å². The Kier molecular flexibility index (Phi) is 1.86. The average Bonchev–Trinajstić information content (AvgIpc) is 3.08. The molecule has 0 saturated carbocycles. The Balaban J connectivity index is 2.17. The quantitative estimate of drug-likeness (QED) is 0.517. The number of pyridine rings is 1. The molecule has 0 saturated heterocycles. The van der Waals surface area contributed by atoms with Crippen LogP contribution in [0.15, 0.2) is 42.7 Å². The lowest BCUT2D eigenvalue weighted by Crippen LogP contribution is -2.12. The van der Waals surface area contributed by atoms with Gasteiger partial charge in [-0.05, 0) is 17.7 Å². The van der Waals surface area contributed by atoms with Crippen molar-refractivity contribution < 1.29 is 4.79 Å². The molecule has 5 rings (SSSR count). The number of amides is 1. The Bertz CT molecular complexity index is 1060. The Morgan fingerprint density at radius 2 is 1.95 bits per heavy atom. The number of para-hydroxylation sites is 1. The highest BCUT2D eigenvalue weighted by atomic mass is 16.1. The van der Waals surface area contributed by atoms with Gasteiger partial charge in [0, 0.05) is 46.0 Å². The number of carbonyl (C=O) groups excluding carboxylic acids is 1. The van der Waals surface area contributed by atoms with Crippen molar-refractivity contribution in [2.45, 2.75) is 6.54 Å². The van der Waals surface area contributed by atoms with Gasteiger partial charge in [0.15, 0.2) is 0 Å². The minimum atomic E-state index is -0.00446. The number of aromatic nitrogens is 2. The Morgan fingerprint density at radius 3 is 2.90 bits per heavy atom. The molecule has 2 N–H and O–H groups in total. The third-order valence-corrected chi connectivity index (χ3v) is 4.32. The molecule has 0 radical (unpaired) electrons. The lowest BCUT2D eigenvalue weighted by molar-refractivity contribution is 0.0967. The molecule has 4 heteroatoms. The minimum absolute atomic E-state index is 0.00446. The maximum atomic E-state index is 12.2. The molecular formula is C17H11N3O. The van der Waals surface area contributed by atoms with E-state index in [4.69, 9.17) is 0 Å². The van der Waals surface area contributed by atoms with Gasteiger partial charge >= 0.3 is 0 Å². The molecule has 0 unspecified atom stereocenters. The van der Waals surface area contributed by atoms with Crippen LogP contribution in [0.3, 0.4) is 0 Å². The third-order valence-electron chi connectivity index (χ3n) is 4.32. The normalized spacial score (nSPS) is 14.0. The van der Waals surface area contributed by atoms with E-state index in [1.54, 1.807) is 12.4 Å².